The van der Waals surface area contributed by atoms with Crippen molar-refractivity contribution in [3.05, 3.63) is 21.3 Å². The Morgan fingerprint density at radius 3 is 2.89 bits per heavy atom. The van der Waals surface area contributed by atoms with E-state index in [-0.39, 0.29) is 0 Å². The summed E-state index contributed by atoms with van der Waals surface area (Å²) in [6.07, 6.45) is 0.891. The smallest absolute Gasteiger partial charge is 0.0960 e. The molecule has 0 radical (unpaired) electrons. The van der Waals surface area contributed by atoms with Gasteiger partial charge in [-0.05, 0) is 30.0 Å². The van der Waals surface area contributed by atoms with E-state index in [0.29, 0.717) is 6.54 Å². The summed E-state index contributed by atoms with van der Waals surface area (Å²) in [7, 11) is 0. The van der Waals surface area contributed by atoms with Gasteiger partial charge in [-0.25, -0.2) is 0 Å². The van der Waals surface area contributed by atoms with Gasteiger partial charge in [-0.2, -0.15) is 0 Å². The Labute approximate surface area is 63.4 Å². The van der Waals surface area contributed by atoms with Gasteiger partial charge in [0.1, 0.15) is 0 Å². The van der Waals surface area contributed by atoms with E-state index >= 15 is 0 Å². The second-order valence-electron chi connectivity index (χ2n) is 1.76. The molecular weight excluding hydrogens is 154 g/mol. The third-order valence-electron chi connectivity index (χ3n) is 1.11. The third kappa shape index (κ3) is 1.68. The topological polar surface area (TPSA) is 26.0 Å². The SMILES string of the molecule is NCCc1ccsc1Cl. The molecule has 0 saturated heterocycles. The Morgan fingerprint density at radius 1 is 1.67 bits per heavy atom. The molecule has 0 fully saturated rings. The zero-order valence-electron chi connectivity index (χ0n) is 4.93. The molecule has 9 heavy (non-hydrogen) atoms. The molecule has 0 amide bonds. The standard InChI is InChI=1S/C6H8ClNS/c7-6-5(1-3-8)2-4-9-6/h2,4H,1,3,8H2. The number of hydrogen-bond acceptors (Lipinski definition) is 2. The second-order valence-corrected chi connectivity index (χ2v) is 3.28. The Hall–Kier alpha value is -0.0500. The van der Waals surface area contributed by atoms with Crippen molar-refractivity contribution in [2.45, 2.75) is 6.42 Å². The fourth-order valence-electron chi connectivity index (χ4n) is 0.654. The van der Waals surface area contributed by atoms with Gasteiger partial charge < -0.3 is 5.73 Å². The lowest BCUT2D eigenvalue weighted by Crippen LogP contribution is -2.01. The highest BCUT2D eigenvalue weighted by Gasteiger charge is 1.97. The van der Waals surface area contributed by atoms with Crippen LogP contribution >= 0.6 is 22.9 Å². The molecule has 0 aliphatic rings. The largest absolute Gasteiger partial charge is 0.330 e. The summed E-state index contributed by atoms with van der Waals surface area (Å²) in [6.45, 7) is 0.677. The van der Waals surface area contributed by atoms with Crippen molar-refractivity contribution < 1.29 is 0 Å². The summed E-state index contributed by atoms with van der Waals surface area (Å²) in [5, 5.41) is 1.98. The molecule has 50 valence electrons. The van der Waals surface area contributed by atoms with Gasteiger partial charge in [0.25, 0.3) is 0 Å². The first-order valence-corrected chi connectivity index (χ1v) is 4.02. The number of thiophene rings is 1. The van der Waals surface area contributed by atoms with E-state index in [9.17, 15) is 0 Å². The van der Waals surface area contributed by atoms with Crippen molar-refractivity contribution >= 4 is 22.9 Å². The Bertz CT molecular complexity index is 185. The van der Waals surface area contributed by atoms with Crippen LogP contribution in [0.5, 0.6) is 0 Å². The molecule has 0 aromatic carbocycles. The van der Waals surface area contributed by atoms with Crippen molar-refractivity contribution in [1.29, 1.82) is 0 Å². The molecule has 0 aliphatic heterocycles. The highest BCUT2D eigenvalue weighted by atomic mass is 35.5. The first kappa shape index (κ1) is 7.06. The number of halogens is 1. The van der Waals surface area contributed by atoms with Crippen LogP contribution in [0.15, 0.2) is 11.4 Å². The van der Waals surface area contributed by atoms with Crippen LogP contribution in [0.2, 0.25) is 4.34 Å². The average Bonchev–Trinajstić information content (AvgIpc) is 2.18. The highest BCUT2D eigenvalue weighted by Crippen LogP contribution is 2.22. The summed E-state index contributed by atoms with van der Waals surface area (Å²) in [4.78, 5) is 0. The summed E-state index contributed by atoms with van der Waals surface area (Å²) >= 11 is 7.34. The molecule has 1 heterocycles. The molecule has 0 aliphatic carbocycles. The summed E-state index contributed by atoms with van der Waals surface area (Å²) < 4.78 is 0.875. The molecule has 0 spiro atoms. The molecule has 1 aromatic rings. The molecule has 0 saturated carbocycles. The van der Waals surface area contributed by atoms with Crippen molar-refractivity contribution in [3.8, 4) is 0 Å². The molecule has 0 bridgehead atoms. The molecule has 1 rings (SSSR count). The highest BCUT2D eigenvalue weighted by molar-refractivity contribution is 7.14. The Balaban J connectivity index is 2.69. The predicted octanol–water partition coefficient (Wildman–Crippen LogP) is 1.90. The molecule has 0 unspecified atom stereocenters. The number of nitrogens with two attached hydrogens (primary N) is 1. The molecule has 1 aromatic heterocycles. The zero-order chi connectivity index (χ0) is 6.69. The van der Waals surface area contributed by atoms with E-state index < -0.39 is 0 Å². The fourth-order valence-corrected chi connectivity index (χ4v) is 1.64. The van der Waals surface area contributed by atoms with Crippen LogP contribution in [0.25, 0.3) is 0 Å². The van der Waals surface area contributed by atoms with Gasteiger partial charge >= 0.3 is 0 Å². The maximum Gasteiger partial charge on any atom is 0.0960 e. The van der Waals surface area contributed by atoms with E-state index in [0.717, 1.165) is 10.8 Å². The number of rotatable bonds is 2. The second kappa shape index (κ2) is 3.20. The maximum atomic E-state index is 5.78. The minimum absolute atomic E-state index is 0.677. The van der Waals surface area contributed by atoms with Crippen molar-refractivity contribution in [1.82, 2.24) is 0 Å². The normalized spacial score (nSPS) is 10.0. The van der Waals surface area contributed by atoms with Crippen LogP contribution in [-0.4, -0.2) is 6.54 Å². The van der Waals surface area contributed by atoms with E-state index in [4.69, 9.17) is 17.3 Å². The molecular formula is C6H8ClNS. The van der Waals surface area contributed by atoms with Crippen LogP contribution in [-0.2, 0) is 6.42 Å². The monoisotopic (exact) mass is 161 g/mol. The quantitative estimate of drug-likeness (QED) is 0.705. The predicted molar refractivity (Wildman–Crippen MR) is 42.1 cm³/mol. The number of hydrogen-bond donors (Lipinski definition) is 1. The Morgan fingerprint density at radius 2 is 2.44 bits per heavy atom. The summed E-state index contributed by atoms with van der Waals surface area (Å²) in [6, 6.07) is 2.01. The fraction of sp³-hybridized carbons (Fsp3) is 0.333. The van der Waals surface area contributed by atoms with E-state index in [1.54, 1.807) is 11.3 Å². The van der Waals surface area contributed by atoms with Crippen LogP contribution < -0.4 is 5.73 Å². The summed E-state index contributed by atoms with van der Waals surface area (Å²) in [5.41, 5.74) is 6.51. The minimum atomic E-state index is 0.677. The van der Waals surface area contributed by atoms with Crippen molar-refractivity contribution in [2.75, 3.05) is 6.54 Å². The van der Waals surface area contributed by atoms with Gasteiger partial charge in [0.2, 0.25) is 0 Å². The molecule has 3 heteroatoms. The van der Waals surface area contributed by atoms with Gasteiger partial charge in [0.05, 0.1) is 4.34 Å². The van der Waals surface area contributed by atoms with E-state index in [2.05, 4.69) is 0 Å². The maximum absolute atomic E-state index is 5.78. The average molecular weight is 162 g/mol. The molecule has 0 atom stereocenters. The van der Waals surface area contributed by atoms with Crippen LogP contribution in [0.1, 0.15) is 5.56 Å². The van der Waals surface area contributed by atoms with Crippen LogP contribution in [0.3, 0.4) is 0 Å². The summed E-state index contributed by atoms with van der Waals surface area (Å²) in [5.74, 6) is 0. The van der Waals surface area contributed by atoms with Gasteiger partial charge in [0.15, 0.2) is 0 Å². The van der Waals surface area contributed by atoms with Crippen LogP contribution in [0, 0.1) is 0 Å². The lowest BCUT2D eigenvalue weighted by atomic mass is 10.2. The van der Waals surface area contributed by atoms with Gasteiger partial charge in [-0.15, -0.1) is 11.3 Å². The lowest BCUT2D eigenvalue weighted by molar-refractivity contribution is 0.974. The minimum Gasteiger partial charge on any atom is -0.330 e. The molecule has 1 nitrogen and oxygen atoms in total. The Kier molecular flexibility index (Phi) is 2.51. The first-order valence-electron chi connectivity index (χ1n) is 2.76. The molecule has 2 N–H and O–H groups in total. The first-order chi connectivity index (χ1) is 4.34. The van der Waals surface area contributed by atoms with Gasteiger partial charge in [-0.3, -0.25) is 0 Å². The van der Waals surface area contributed by atoms with E-state index in [1.807, 2.05) is 11.4 Å². The van der Waals surface area contributed by atoms with Crippen LogP contribution in [0.4, 0.5) is 0 Å². The third-order valence-corrected chi connectivity index (χ3v) is 2.36. The van der Waals surface area contributed by atoms with Gasteiger partial charge in [-0.1, -0.05) is 11.6 Å². The zero-order valence-corrected chi connectivity index (χ0v) is 6.50. The van der Waals surface area contributed by atoms with Gasteiger partial charge in [0, 0.05) is 0 Å². The lowest BCUT2D eigenvalue weighted by Gasteiger charge is -1.90. The van der Waals surface area contributed by atoms with E-state index in [1.165, 1.54) is 5.56 Å². The van der Waals surface area contributed by atoms with Crippen molar-refractivity contribution in [2.24, 2.45) is 5.73 Å². The van der Waals surface area contributed by atoms with Crippen molar-refractivity contribution in [3.63, 3.8) is 0 Å².